The second kappa shape index (κ2) is 5.18. The number of aromatic nitrogens is 1. The standard InChI is InChI=1S/C17H13NO4/c19-14-7-6-13-12(14)3-1-4-15(13)21-10-11-9-17(22-18-11)16-5-2-8-20-16/h1-5,8-9H,6-7,10H2. The summed E-state index contributed by atoms with van der Waals surface area (Å²) in [4.78, 5) is 11.7. The highest BCUT2D eigenvalue weighted by Gasteiger charge is 2.22. The lowest BCUT2D eigenvalue weighted by Crippen LogP contribution is -1.99. The average Bonchev–Trinajstić information content (AvgIpc) is 3.26. The summed E-state index contributed by atoms with van der Waals surface area (Å²) in [5.74, 6) is 2.12. The smallest absolute Gasteiger partial charge is 0.202 e. The van der Waals surface area contributed by atoms with Gasteiger partial charge in [-0.15, -0.1) is 0 Å². The number of carbonyl (C=O) groups excluding carboxylic acids is 1. The number of hydrogen-bond donors (Lipinski definition) is 0. The van der Waals surface area contributed by atoms with Gasteiger partial charge in [-0.2, -0.15) is 0 Å². The third-order valence-corrected chi connectivity index (χ3v) is 3.73. The molecule has 0 unspecified atom stereocenters. The van der Waals surface area contributed by atoms with E-state index in [9.17, 15) is 4.79 Å². The summed E-state index contributed by atoms with van der Waals surface area (Å²) in [5, 5.41) is 3.97. The number of hydrogen-bond acceptors (Lipinski definition) is 5. The molecule has 0 aliphatic heterocycles. The maximum Gasteiger partial charge on any atom is 0.202 e. The molecule has 0 saturated carbocycles. The van der Waals surface area contributed by atoms with E-state index in [1.165, 1.54) is 0 Å². The molecule has 0 N–H and O–H groups in total. The Balaban J connectivity index is 1.51. The minimum absolute atomic E-state index is 0.182. The van der Waals surface area contributed by atoms with E-state index in [4.69, 9.17) is 13.7 Å². The molecule has 2 heterocycles. The van der Waals surface area contributed by atoms with Crippen LogP contribution in [0.25, 0.3) is 11.5 Å². The van der Waals surface area contributed by atoms with Gasteiger partial charge in [-0.25, -0.2) is 0 Å². The van der Waals surface area contributed by atoms with Crippen LogP contribution >= 0.6 is 0 Å². The maximum atomic E-state index is 11.7. The summed E-state index contributed by atoms with van der Waals surface area (Å²) in [6.45, 7) is 0.287. The Kier molecular flexibility index (Phi) is 3.04. The number of Topliss-reactive ketones (excluding diaryl/α,β-unsaturated/α-hetero) is 1. The zero-order chi connectivity index (χ0) is 14.9. The average molecular weight is 295 g/mol. The predicted molar refractivity (Wildman–Crippen MR) is 77.6 cm³/mol. The van der Waals surface area contributed by atoms with Gasteiger partial charge in [-0.05, 0) is 24.6 Å². The van der Waals surface area contributed by atoms with Crippen LogP contribution in [-0.4, -0.2) is 10.9 Å². The van der Waals surface area contributed by atoms with Crippen LogP contribution in [0.3, 0.4) is 0 Å². The second-order valence-corrected chi connectivity index (χ2v) is 5.15. The molecular formula is C17H13NO4. The molecule has 0 saturated heterocycles. The van der Waals surface area contributed by atoms with Crippen molar-refractivity contribution in [2.75, 3.05) is 0 Å². The molecule has 0 amide bonds. The molecule has 110 valence electrons. The van der Waals surface area contributed by atoms with Crippen LogP contribution in [0, 0.1) is 0 Å². The molecule has 0 bridgehead atoms. The first-order valence-corrected chi connectivity index (χ1v) is 7.08. The number of ether oxygens (including phenoxy) is 1. The van der Waals surface area contributed by atoms with Gasteiger partial charge in [0.15, 0.2) is 11.5 Å². The third kappa shape index (κ3) is 2.20. The molecule has 4 rings (SSSR count). The predicted octanol–water partition coefficient (Wildman–Crippen LogP) is 3.64. The van der Waals surface area contributed by atoms with Crippen LogP contribution in [0.15, 0.2) is 51.6 Å². The van der Waals surface area contributed by atoms with Crippen LogP contribution in [0.2, 0.25) is 0 Å². The molecule has 2 aromatic heterocycles. The summed E-state index contributed by atoms with van der Waals surface area (Å²) >= 11 is 0. The van der Waals surface area contributed by atoms with Crippen molar-refractivity contribution < 1.29 is 18.5 Å². The van der Waals surface area contributed by atoms with Gasteiger partial charge in [-0.3, -0.25) is 4.79 Å². The lowest BCUT2D eigenvalue weighted by Gasteiger charge is -2.08. The fraction of sp³-hybridized carbons (Fsp3) is 0.176. The van der Waals surface area contributed by atoms with E-state index in [0.717, 1.165) is 23.3 Å². The second-order valence-electron chi connectivity index (χ2n) is 5.15. The first-order chi connectivity index (χ1) is 10.8. The number of ketones is 1. The molecule has 0 radical (unpaired) electrons. The van der Waals surface area contributed by atoms with E-state index >= 15 is 0 Å². The Morgan fingerprint density at radius 2 is 2.09 bits per heavy atom. The van der Waals surface area contributed by atoms with Crippen molar-refractivity contribution in [3.8, 4) is 17.3 Å². The Labute approximate surface area is 126 Å². The molecular weight excluding hydrogens is 282 g/mol. The lowest BCUT2D eigenvalue weighted by molar-refractivity contribution is 0.0994. The Morgan fingerprint density at radius 3 is 2.95 bits per heavy atom. The SMILES string of the molecule is O=C1CCc2c(OCc3cc(-c4ccco4)on3)cccc21. The quantitative estimate of drug-likeness (QED) is 0.735. The van der Waals surface area contributed by atoms with Gasteiger partial charge < -0.3 is 13.7 Å². The largest absolute Gasteiger partial charge is 0.487 e. The number of furan rings is 1. The van der Waals surface area contributed by atoms with E-state index in [2.05, 4.69) is 5.16 Å². The molecule has 5 nitrogen and oxygen atoms in total. The molecule has 0 atom stereocenters. The summed E-state index contributed by atoms with van der Waals surface area (Å²) in [7, 11) is 0. The maximum absolute atomic E-state index is 11.7. The van der Waals surface area contributed by atoms with Crippen LogP contribution < -0.4 is 4.74 Å². The van der Waals surface area contributed by atoms with E-state index in [1.54, 1.807) is 24.5 Å². The van der Waals surface area contributed by atoms with Crippen LogP contribution in [-0.2, 0) is 13.0 Å². The van der Waals surface area contributed by atoms with Crippen molar-refractivity contribution in [2.24, 2.45) is 0 Å². The summed E-state index contributed by atoms with van der Waals surface area (Å²) < 4.78 is 16.3. The topological polar surface area (TPSA) is 65.5 Å². The molecule has 3 aromatic rings. The van der Waals surface area contributed by atoms with Crippen LogP contribution in [0.5, 0.6) is 5.75 Å². The zero-order valence-corrected chi connectivity index (χ0v) is 11.7. The monoisotopic (exact) mass is 295 g/mol. The summed E-state index contributed by atoms with van der Waals surface area (Å²) in [5.41, 5.74) is 2.43. The van der Waals surface area contributed by atoms with Gasteiger partial charge >= 0.3 is 0 Å². The highest BCUT2D eigenvalue weighted by molar-refractivity contribution is 6.01. The van der Waals surface area contributed by atoms with Gasteiger partial charge in [0, 0.05) is 23.6 Å². The van der Waals surface area contributed by atoms with E-state index in [0.29, 0.717) is 23.6 Å². The number of carbonyl (C=O) groups is 1. The molecule has 1 aromatic carbocycles. The fourth-order valence-electron chi connectivity index (χ4n) is 2.66. The van der Waals surface area contributed by atoms with Crippen LogP contribution in [0.1, 0.15) is 28.0 Å². The lowest BCUT2D eigenvalue weighted by atomic mass is 10.1. The minimum atomic E-state index is 0.182. The van der Waals surface area contributed by atoms with Crippen molar-refractivity contribution in [1.29, 1.82) is 0 Å². The van der Waals surface area contributed by atoms with Gasteiger partial charge in [0.1, 0.15) is 18.1 Å². The van der Waals surface area contributed by atoms with Crippen molar-refractivity contribution in [2.45, 2.75) is 19.4 Å². The molecule has 0 fully saturated rings. The van der Waals surface area contributed by atoms with Gasteiger partial charge in [0.25, 0.3) is 0 Å². The third-order valence-electron chi connectivity index (χ3n) is 3.73. The molecule has 22 heavy (non-hydrogen) atoms. The number of benzene rings is 1. The van der Waals surface area contributed by atoms with E-state index in [-0.39, 0.29) is 12.4 Å². The van der Waals surface area contributed by atoms with E-state index in [1.807, 2.05) is 18.2 Å². The summed E-state index contributed by atoms with van der Waals surface area (Å²) in [6.07, 6.45) is 2.88. The number of rotatable bonds is 4. The van der Waals surface area contributed by atoms with E-state index < -0.39 is 0 Å². The minimum Gasteiger partial charge on any atom is -0.487 e. The van der Waals surface area contributed by atoms with Crippen molar-refractivity contribution >= 4 is 5.78 Å². The Morgan fingerprint density at radius 1 is 1.14 bits per heavy atom. The first kappa shape index (κ1) is 12.9. The highest BCUT2D eigenvalue weighted by Crippen LogP contribution is 2.31. The Bertz CT molecular complexity index is 817. The number of fused-ring (bicyclic) bond motifs is 1. The van der Waals surface area contributed by atoms with Crippen molar-refractivity contribution in [3.05, 3.63) is 59.5 Å². The van der Waals surface area contributed by atoms with Gasteiger partial charge in [-0.1, -0.05) is 17.3 Å². The number of nitrogens with zero attached hydrogens (tertiary/aromatic N) is 1. The van der Waals surface area contributed by atoms with Crippen molar-refractivity contribution in [3.63, 3.8) is 0 Å². The molecule has 5 heteroatoms. The van der Waals surface area contributed by atoms with Crippen LogP contribution in [0.4, 0.5) is 0 Å². The summed E-state index contributed by atoms with van der Waals surface area (Å²) in [6, 6.07) is 11.0. The highest BCUT2D eigenvalue weighted by atomic mass is 16.5. The first-order valence-electron chi connectivity index (χ1n) is 7.08. The zero-order valence-electron chi connectivity index (χ0n) is 11.7. The van der Waals surface area contributed by atoms with Gasteiger partial charge in [0.2, 0.25) is 5.76 Å². The van der Waals surface area contributed by atoms with Gasteiger partial charge in [0.05, 0.1) is 6.26 Å². The fourth-order valence-corrected chi connectivity index (χ4v) is 2.66. The Hall–Kier alpha value is -2.82. The molecule has 0 spiro atoms. The normalized spacial score (nSPS) is 13.4. The molecule has 1 aliphatic carbocycles. The van der Waals surface area contributed by atoms with Crippen molar-refractivity contribution in [1.82, 2.24) is 5.16 Å². The molecule has 1 aliphatic rings.